The van der Waals surface area contributed by atoms with Crippen LogP contribution < -0.4 is 9.64 Å². The van der Waals surface area contributed by atoms with Crippen LogP contribution in [0.15, 0.2) is 66.7 Å². The number of benzene rings is 3. The number of phenols is 1. The number of hydrogen-bond donors (Lipinski definition) is 1. The molecule has 35 heavy (non-hydrogen) atoms. The van der Waals surface area contributed by atoms with Crippen LogP contribution in [0.3, 0.4) is 0 Å². The first-order valence-electron chi connectivity index (χ1n) is 12.9. The molecule has 1 N–H and O–H groups in total. The fraction of sp³-hybridized carbons (Fsp3) is 0.400. The summed E-state index contributed by atoms with van der Waals surface area (Å²) in [4.78, 5) is 4.87. The van der Waals surface area contributed by atoms with Gasteiger partial charge in [-0.2, -0.15) is 0 Å². The van der Waals surface area contributed by atoms with Crippen molar-refractivity contribution in [3.05, 3.63) is 89.2 Å². The molecule has 184 valence electrons. The minimum atomic E-state index is -0.221. The standard InChI is InChI=1S/C30H35FN2O2/c31-25-8-10-26(11-9-25)33-18-4-5-24-22-27(34)12-15-29(24)30(33)21-23-6-13-28(14-7-23)35-20-19-32-16-2-1-3-17-32/h6-15,22,30,34H,1-5,16-21H2. The van der Waals surface area contributed by atoms with Crippen molar-refractivity contribution >= 4 is 5.69 Å². The van der Waals surface area contributed by atoms with Gasteiger partial charge in [0.05, 0.1) is 6.04 Å². The van der Waals surface area contributed by atoms with Crippen molar-refractivity contribution in [2.45, 2.75) is 44.6 Å². The third kappa shape index (κ3) is 5.96. The molecule has 0 aliphatic carbocycles. The summed E-state index contributed by atoms with van der Waals surface area (Å²) >= 11 is 0. The zero-order chi connectivity index (χ0) is 24.0. The molecule has 0 bridgehead atoms. The van der Waals surface area contributed by atoms with Crippen LogP contribution in [-0.2, 0) is 12.8 Å². The number of aromatic hydroxyl groups is 1. The van der Waals surface area contributed by atoms with Crippen LogP contribution in [0.1, 0.15) is 48.4 Å². The molecule has 3 aromatic rings. The molecule has 1 saturated heterocycles. The van der Waals surface area contributed by atoms with Crippen LogP contribution in [-0.4, -0.2) is 42.8 Å². The van der Waals surface area contributed by atoms with E-state index in [-0.39, 0.29) is 11.9 Å². The second-order valence-corrected chi connectivity index (χ2v) is 9.77. The number of phenolic OH excluding ortho intramolecular Hbond substituents is 1. The molecule has 5 heteroatoms. The Balaban J connectivity index is 1.32. The Morgan fingerprint density at radius 2 is 1.63 bits per heavy atom. The summed E-state index contributed by atoms with van der Waals surface area (Å²) in [6.45, 7) is 4.96. The first-order valence-corrected chi connectivity index (χ1v) is 12.9. The highest BCUT2D eigenvalue weighted by molar-refractivity contribution is 5.52. The monoisotopic (exact) mass is 474 g/mol. The predicted molar refractivity (Wildman–Crippen MR) is 139 cm³/mol. The van der Waals surface area contributed by atoms with Crippen LogP contribution in [0.25, 0.3) is 0 Å². The molecule has 0 amide bonds. The minimum absolute atomic E-state index is 0.101. The Labute approximate surface area is 208 Å². The number of ether oxygens (including phenoxy) is 1. The quantitative estimate of drug-likeness (QED) is 0.447. The first-order chi connectivity index (χ1) is 17.2. The van der Waals surface area contributed by atoms with Gasteiger partial charge in [0.2, 0.25) is 0 Å². The van der Waals surface area contributed by atoms with E-state index >= 15 is 0 Å². The summed E-state index contributed by atoms with van der Waals surface area (Å²) in [7, 11) is 0. The Morgan fingerprint density at radius 3 is 2.40 bits per heavy atom. The maximum absolute atomic E-state index is 13.6. The lowest BCUT2D eigenvalue weighted by Gasteiger charge is -2.33. The van der Waals surface area contributed by atoms with E-state index in [2.05, 4.69) is 40.1 Å². The van der Waals surface area contributed by atoms with Crippen molar-refractivity contribution in [3.63, 3.8) is 0 Å². The fourth-order valence-electron chi connectivity index (χ4n) is 5.48. The van der Waals surface area contributed by atoms with Crippen molar-refractivity contribution < 1.29 is 14.2 Å². The zero-order valence-corrected chi connectivity index (χ0v) is 20.3. The van der Waals surface area contributed by atoms with Gasteiger partial charge in [-0.25, -0.2) is 4.39 Å². The van der Waals surface area contributed by atoms with Gasteiger partial charge in [0, 0.05) is 18.8 Å². The Hall–Kier alpha value is -3.05. The van der Waals surface area contributed by atoms with Gasteiger partial charge in [-0.05, 0) is 110 Å². The number of likely N-dealkylation sites (tertiary alicyclic amines) is 1. The summed E-state index contributed by atoms with van der Waals surface area (Å²) < 4.78 is 19.7. The average Bonchev–Trinajstić information content (AvgIpc) is 3.05. The van der Waals surface area contributed by atoms with E-state index in [9.17, 15) is 9.50 Å². The lowest BCUT2D eigenvalue weighted by Crippen LogP contribution is -2.33. The molecule has 2 heterocycles. The van der Waals surface area contributed by atoms with Gasteiger partial charge in [-0.3, -0.25) is 4.90 Å². The molecule has 3 aromatic carbocycles. The zero-order valence-electron chi connectivity index (χ0n) is 20.3. The average molecular weight is 475 g/mol. The molecule has 0 spiro atoms. The number of rotatable bonds is 7. The largest absolute Gasteiger partial charge is 0.508 e. The molecule has 1 unspecified atom stereocenters. The van der Waals surface area contributed by atoms with Gasteiger partial charge in [0.25, 0.3) is 0 Å². The lowest BCUT2D eigenvalue weighted by atomic mass is 9.93. The van der Waals surface area contributed by atoms with Crippen molar-refractivity contribution in [1.82, 2.24) is 4.90 Å². The number of nitrogens with zero attached hydrogens (tertiary/aromatic N) is 2. The highest BCUT2D eigenvalue weighted by atomic mass is 19.1. The van der Waals surface area contributed by atoms with Crippen LogP contribution in [0.4, 0.5) is 10.1 Å². The SMILES string of the molecule is Oc1ccc2c(c1)CCCN(c1ccc(F)cc1)C2Cc1ccc(OCCN2CCCCC2)cc1. The number of aryl methyl sites for hydroxylation is 1. The van der Waals surface area contributed by atoms with Crippen molar-refractivity contribution in [2.24, 2.45) is 0 Å². The second kappa shape index (κ2) is 11.1. The number of fused-ring (bicyclic) bond motifs is 1. The second-order valence-electron chi connectivity index (χ2n) is 9.77. The fourth-order valence-corrected chi connectivity index (χ4v) is 5.48. The van der Waals surface area contributed by atoms with Crippen LogP contribution in [0.5, 0.6) is 11.5 Å². The van der Waals surface area contributed by atoms with Crippen molar-refractivity contribution in [1.29, 1.82) is 0 Å². The number of hydrogen-bond acceptors (Lipinski definition) is 4. The molecule has 4 nitrogen and oxygen atoms in total. The maximum Gasteiger partial charge on any atom is 0.123 e. The van der Waals surface area contributed by atoms with E-state index in [1.54, 1.807) is 6.07 Å². The highest BCUT2D eigenvalue weighted by Gasteiger charge is 2.26. The maximum atomic E-state index is 13.6. The molecule has 0 saturated carbocycles. The molecule has 2 aliphatic heterocycles. The van der Waals surface area contributed by atoms with E-state index < -0.39 is 0 Å². The third-order valence-corrected chi connectivity index (χ3v) is 7.34. The molecule has 0 radical (unpaired) electrons. The van der Waals surface area contributed by atoms with E-state index in [0.717, 1.165) is 50.4 Å². The molecule has 1 fully saturated rings. The molecular weight excluding hydrogens is 439 g/mol. The van der Waals surface area contributed by atoms with Gasteiger partial charge in [-0.1, -0.05) is 24.6 Å². The third-order valence-electron chi connectivity index (χ3n) is 7.34. The van der Waals surface area contributed by atoms with Crippen LogP contribution in [0, 0.1) is 5.82 Å². The number of anilines is 1. The summed E-state index contributed by atoms with van der Waals surface area (Å²) in [5, 5.41) is 10.1. The van der Waals surface area contributed by atoms with Crippen molar-refractivity contribution in [3.8, 4) is 11.5 Å². The van der Waals surface area contributed by atoms with Gasteiger partial charge in [0.1, 0.15) is 23.9 Å². The van der Waals surface area contributed by atoms with Gasteiger partial charge in [0.15, 0.2) is 0 Å². The smallest absolute Gasteiger partial charge is 0.123 e. The molecular formula is C30H35FN2O2. The number of halogens is 1. The summed E-state index contributed by atoms with van der Waals surface area (Å²) in [6, 6.07) is 21.1. The summed E-state index contributed by atoms with van der Waals surface area (Å²) in [6.07, 6.45) is 6.67. The Morgan fingerprint density at radius 1 is 0.857 bits per heavy atom. The Bertz CT molecular complexity index is 1090. The van der Waals surface area contributed by atoms with E-state index in [4.69, 9.17) is 4.74 Å². The van der Waals surface area contributed by atoms with Gasteiger partial charge in [-0.15, -0.1) is 0 Å². The minimum Gasteiger partial charge on any atom is -0.508 e. The van der Waals surface area contributed by atoms with Gasteiger partial charge >= 0.3 is 0 Å². The van der Waals surface area contributed by atoms with Crippen LogP contribution in [0.2, 0.25) is 0 Å². The molecule has 1 atom stereocenters. The number of piperidine rings is 1. The predicted octanol–water partition coefficient (Wildman–Crippen LogP) is 6.13. The topological polar surface area (TPSA) is 35.9 Å². The first kappa shape index (κ1) is 23.7. The van der Waals surface area contributed by atoms with E-state index in [0.29, 0.717) is 5.75 Å². The molecule has 5 rings (SSSR count). The molecule has 0 aromatic heterocycles. The van der Waals surface area contributed by atoms with Gasteiger partial charge < -0.3 is 14.7 Å². The van der Waals surface area contributed by atoms with E-state index in [1.165, 1.54) is 61.2 Å². The lowest BCUT2D eigenvalue weighted by molar-refractivity contribution is 0.183. The normalized spacial score (nSPS) is 18.7. The molecule has 2 aliphatic rings. The summed E-state index contributed by atoms with van der Waals surface area (Å²) in [5.41, 5.74) is 4.67. The Kier molecular flexibility index (Phi) is 7.53. The van der Waals surface area contributed by atoms with Crippen LogP contribution >= 0.6 is 0 Å². The highest BCUT2D eigenvalue weighted by Crippen LogP contribution is 2.37. The van der Waals surface area contributed by atoms with E-state index in [1.807, 2.05) is 18.2 Å². The van der Waals surface area contributed by atoms with Crippen molar-refractivity contribution in [2.75, 3.05) is 37.7 Å². The summed E-state index contributed by atoms with van der Waals surface area (Å²) in [5.74, 6) is 0.998.